The monoisotopic (exact) mass is 553 g/mol. The summed E-state index contributed by atoms with van der Waals surface area (Å²) in [6.45, 7) is 7.24. The lowest BCUT2D eigenvalue weighted by atomic mass is 9.59. The fourth-order valence-electron chi connectivity index (χ4n) is 6.88. The number of nitrogens with zero attached hydrogens (tertiary/aromatic N) is 1. The fraction of sp³-hybridized carbons (Fsp3) is 0.273. The van der Waals surface area contributed by atoms with Crippen LogP contribution in [0.25, 0.3) is 0 Å². The van der Waals surface area contributed by atoms with Crippen molar-refractivity contribution >= 4 is 40.7 Å². The molecule has 0 saturated carbocycles. The first-order valence-corrected chi connectivity index (χ1v) is 13.8. The molecule has 1 heterocycles. The van der Waals surface area contributed by atoms with Crippen LogP contribution < -0.4 is 4.90 Å². The van der Waals surface area contributed by atoms with Crippen molar-refractivity contribution in [3.05, 3.63) is 105 Å². The van der Waals surface area contributed by atoms with E-state index in [2.05, 4.69) is 6.58 Å². The lowest BCUT2D eigenvalue weighted by Crippen LogP contribution is -2.39. The van der Waals surface area contributed by atoms with Crippen molar-refractivity contribution in [2.75, 3.05) is 4.90 Å². The van der Waals surface area contributed by atoms with Crippen LogP contribution in [-0.4, -0.2) is 28.5 Å². The first-order chi connectivity index (χ1) is 19.1. The van der Waals surface area contributed by atoms with Crippen LogP contribution in [0.2, 0.25) is 5.02 Å². The third kappa shape index (κ3) is 3.77. The number of allylic oxidation sites excluding steroid dienone is 7. The lowest BCUT2D eigenvalue weighted by molar-refractivity contribution is -0.123. The number of carbonyl (C=O) groups excluding carboxylic acids is 4. The number of aryl methyl sites for hydroxylation is 1. The van der Waals surface area contributed by atoms with Crippen LogP contribution in [0.3, 0.4) is 0 Å². The van der Waals surface area contributed by atoms with Crippen LogP contribution in [0.4, 0.5) is 5.69 Å². The summed E-state index contributed by atoms with van der Waals surface area (Å²) >= 11 is 6.34. The van der Waals surface area contributed by atoms with Gasteiger partial charge in [0.1, 0.15) is 5.75 Å². The minimum absolute atomic E-state index is 0.0409. The number of Topliss-reactive ketones (excluding diaryl/α,β-unsaturated/α-hetero) is 1. The molecule has 3 aliphatic carbocycles. The molecule has 4 atom stereocenters. The normalized spacial score (nSPS) is 25.8. The Kier molecular flexibility index (Phi) is 6.26. The van der Waals surface area contributed by atoms with Crippen LogP contribution in [0, 0.1) is 24.7 Å². The summed E-state index contributed by atoms with van der Waals surface area (Å²) in [5, 5.41) is 11.8. The zero-order chi connectivity index (χ0) is 28.5. The van der Waals surface area contributed by atoms with E-state index >= 15 is 0 Å². The zero-order valence-electron chi connectivity index (χ0n) is 22.2. The van der Waals surface area contributed by atoms with Crippen molar-refractivity contribution < 1.29 is 24.3 Å². The van der Waals surface area contributed by atoms with Crippen molar-refractivity contribution in [3.63, 3.8) is 0 Å². The molecule has 2 aromatic rings. The number of ketones is 2. The highest BCUT2D eigenvalue weighted by atomic mass is 35.5. The average Bonchev–Trinajstić information content (AvgIpc) is 3.19. The number of rotatable bonds is 4. The highest BCUT2D eigenvalue weighted by molar-refractivity contribution is 6.32. The molecule has 202 valence electrons. The largest absolute Gasteiger partial charge is 0.507 e. The standard InChI is InChI=1S/C33H28ClNO5/c1-4-6-18-7-5-8-21(31(18)38)27-20-11-12-22-28(23(20)15-24-29(27)26(36)13-17(3)30(24)37)33(40)35(32(22)39)19-10-9-16(2)25(34)14-19/h4-5,7-11,13-14,22-23,27-28,38H,1,6,12,15H2,2-3H3/t22-,23+,27+,28-/m0/s1. The van der Waals surface area contributed by atoms with Gasteiger partial charge in [0, 0.05) is 33.2 Å². The highest BCUT2D eigenvalue weighted by Gasteiger charge is 2.56. The number of benzene rings is 2. The second-order valence-electron chi connectivity index (χ2n) is 11.0. The van der Waals surface area contributed by atoms with Gasteiger partial charge in [-0.1, -0.05) is 53.6 Å². The molecule has 40 heavy (non-hydrogen) atoms. The van der Waals surface area contributed by atoms with Gasteiger partial charge in [-0.3, -0.25) is 19.2 Å². The molecule has 1 saturated heterocycles. The molecule has 0 radical (unpaired) electrons. The summed E-state index contributed by atoms with van der Waals surface area (Å²) in [6.07, 6.45) is 5.92. The number of halogens is 1. The van der Waals surface area contributed by atoms with E-state index in [0.29, 0.717) is 51.4 Å². The maximum Gasteiger partial charge on any atom is 0.238 e. The molecule has 7 heteroatoms. The number of hydrogen-bond acceptors (Lipinski definition) is 5. The molecule has 1 aliphatic heterocycles. The van der Waals surface area contributed by atoms with Gasteiger partial charge >= 0.3 is 0 Å². The maximum atomic E-state index is 14.0. The molecular formula is C33H28ClNO5. The van der Waals surface area contributed by atoms with E-state index in [0.717, 1.165) is 11.1 Å². The summed E-state index contributed by atoms with van der Waals surface area (Å²) in [5.41, 5.74) is 4.28. The highest BCUT2D eigenvalue weighted by Crippen LogP contribution is 2.56. The van der Waals surface area contributed by atoms with Gasteiger partial charge in [0.2, 0.25) is 11.8 Å². The number of imide groups is 1. The summed E-state index contributed by atoms with van der Waals surface area (Å²) in [7, 11) is 0. The Bertz CT molecular complexity index is 1640. The van der Waals surface area contributed by atoms with Gasteiger partial charge in [0.05, 0.1) is 17.5 Å². The molecule has 0 unspecified atom stereocenters. The summed E-state index contributed by atoms with van der Waals surface area (Å²) in [4.78, 5) is 55.8. The quantitative estimate of drug-likeness (QED) is 0.297. The van der Waals surface area contributed by atoms with Crippen LogP contribution in [0.5, 0.6) is 5.75 Å². The Hall–Kier alpha value is -4.03. The number of phenols is 1. The van der Waals surface area contributed by atoms with Crippen LogP contribution in [0.1, 0.15) is 42.4 Å². The molecule has 6 nitrogen and oxygen atoms in total. The van der Waals surface area contributed by atoms with Crippen molar-refractivity contribution in [2.24, 2.45) is 17.8 Å². The van der Waals surface area contributed by atoms with Crippen molar-refractivity contribution in [2.45, 2.75) is 39.0 Å². The topological polar surface area (TPSA) is 91.8 Å². The molecule has 6 rings (SSSR count). The van der Waals surface area contributed by atoms with Gasteiger partial charge in [-0.15, -0.1) is 6.58 Å². The smallest absolute Gasteiger partial charge is 0.238 e. The van der Waals surface area contributed by atoms with E-state index < -0.39 is 23.7 Å². The predicted molar refractivity (Wildman–Crippen MR) is 152 cm³/mol. The van der Waals surface area contributed by atoms with Crippen molar-refractivity contribution in [1.82, 2.24) is 0 Å². The van der Waals surface area contributed by atoms with E-state index in [1.54, 1.807) is 43.3 Å². The molecule has 0 bridgehead atoms. The molecule has 0 aromatic heterocycles. The Balaban J connectivity index is 1.50. The third-order valence-electron chi connectivity index (χ3n) is 8.80. The summed E-state index contributed by atoms with van der Waals surface area (Å²) < 4.78 is 0. The van der Waals surface area contributed by atoms with Gasteiger partial charge in [-0.05, 0) is 68.4 Å². The number of fused-ring (bicyclic) bond motifs is 3. The molecule has 1 fully saturated rings. The van der Waals surface area contributed by atoms with E-state index in [-0.39, 0.29) is 35.6 Å². The van der Waals surface area contributed by atoms with Gasteiger partial charge in [-0.25, -0.2) is 4.90 Å². The van der Waals surface area contributed by atoms with E-state index in [9.17, 15) is 24.3 Å². The van der Waals surface area contributed by atoms with E-state index in [4.69, 9.17) is 11.6 Å². The maximum absolute atomic E-state index is 14.0. The molecular weight excluding hydrogens is 526 g/mol. The number of aromatic hydroxyl groups is 1. The fourth-order valence-corrected chi connectivity index (χ4v) is 7.05. The first-order valence-electron chi connectivity index (χ1n) is 13.4. The molecule has 0 spiro atoms. The number of para-hydroxylation sites is 1. The number of phenolic OH excluding ortho intramolecular Hbond substituents is 1. The molecule has 2 amide bonds. The Labute approximate surface area is 237 Å². The van der Waals surface area contributed by atoms with Gasteiger partial charge in [-0.2, -0.15) is 0 Å². The second kappa shape index (κ2) is 9.56. The number of carbonyl (C=O) groups is 4. The Morgan fingerprint density at radius 1 is 1.07 bits per heavy atom. The van der Waals surface area contributed by atoms with Gasteiger partial charge in [0.15, 0.2) is 11.6 Å². The first kappa shape index (κ1) is 26.2. The second-order valence-corrected chi connectivity index (χ2v) is 11.4. The minimum atomic E-state index is -0.703. The molecule has 2 aromatic carbocycles. The van der Waals surface area contributed by atoms with Crippen LogP contribution >= 0.6 is 11.6 Å². The zero-order valence-corrected chi connectivity index (χ0v) is 23.0. The number of amides is 2. The number of anilines is 1. The van der Waals surface area contributed by atoms with Crippen molar-refractivity contribution in [3.8, 4) is 5.75 Å². The van der Waals surface area contributed by atoms with Crippen LogP contribution in [0.15, 0.2) is 83.5 Å². The Morgan fingerprint density at radius 3 is 2.58 bits per heavy atom. The molecule has 1 N–H and O–H groups in total. The third-order valence-corrected chi connectivity index (χ3v) is 9.21. The minimum Gasteiger partial charge on any atom is -0.507 e. The number of hydrogen-bond donors (Lipinski definition) is 1. The molecule has 4 aliphatic rings. The average molecular weight is 554 g/mol. The Morgan fingerprint density at radius 2 is 1.85 bits per heavy atom. The SMILES string of the molecule is C=CCc1cccc([C@H]2C3=CC[C@@H]4C(=O)N(c5ccc(C)c(Cl)c5)C(=O)[C@@H]4[C@@H]3CC3=C2C(=O)C=C(C)C3=O)c1O. The van der Waals surface area contributed by atoms with Crippen molar-refractivity contribution in [1.29, 1.82) is 0 Å². The summed E-state index contributed by atoms with van der Waals surface area (Å²) in [6, 6.07) is 10.5. The van der Waals surface area contributed by atoms with Crippen LogP contribution in [-0.2, 0) is 25.6 Å². The van der Waals surface area contributed by atoms with Gasteiger partial charge in [0.25, 0.3) is 0 Å². The predicted octanol–water partition coefficient (Wildman–Crippen LogP) is 5.72. The lowest BCUT2D eigenvalue weighted by Gasteiger charge is -2.42. The van der Waals surface area contributed by atoms with E-state index in [1.807, 2.05) is 19.1 Å². The summed E-state index contributed by atoms with van der Waals surface area (Å²) in [5.74, 6) is -3.55. The van der Waals surface area contributed by atoms with E-state index in [1.165, 1.54) is 11.0 Å². The van der Waals surface area contributed by atoms with Gasteiger partial charge < -0.3 is 5.11 Å².